The normalized spacial score (nSPS) is 18.8. The SMILES string of the molecule is C=C(C)C[Si](CCC)(CCC)CN1CCCCCCCC1. The van der Waals surface area contributed by atoms with Gasteiger partial charge in [-0.15, -0.1) is 6.58 Å². The maximum atomic E-state index is 4.26. The molecule has 0 radical (unpaired) electrons. The Labute approximate surface area is 135 Å². The third kappa shape index (κ3) is 7.65. The van der Waals surface area contributed by atoms with Gasteiger partial charge in [0.2, 0.25) is 0 Å². The van der Waals surface area contributed by atoms with Gasteiger partial charge in [-0.3, -0.25) is 0 Å². The van der Waals surface area contributed by atoms with Crippen molar-refractivity contribution in [3.05, 3.63) is 12.2 Å². The minimum Gasteiger partial charge on any atom is -0.306 e. The minimum atomic E-state index is -1.17. The van der Waals surface area contributed by atoms with E-state index in [0.29, 0.717) is 0 Å². The van der Waals surface area contributed by atoms with Crippen LogP contribution < -0.4 is 0 Å². The molecule has 0 aliphatic carbocycles. The van der Waals surface area contributed by atoms with Crippen molar-refractivity contribution in [3.8, 4) is 0 Å². The van der Waals surface area contributed by atoms with Crippen molar-refractivity contribution in [3.63, 3.8) is 0 Å². The molecular formula is C19H39NSi. The average molecular weight is 310 g/mol. The Hall–Kier alpha value is -0.0831. The van der Waals surface area contributed by atoms with Crippen LogP contribution in [0.4, 0.5) is 0 Å². The lowest BCUT2D eigenvalue weighted by atomic mass is 10.1. The van der Waals surface area contributed by atoms with Crippen molar-refractivity contribution in [1.82, 2.24) is 4.90 Å². The zero-order valence-electron chi connectivity index (χ0n) is 15.1. The van der Waals surface area contributed by atoms with Gasteiger partial charge in [-0.1, -0.05) is 70.0 Å². The Balaban J connectivity index is 2.72. The molecule has 1 aliphatic heterocycles. The summed E-state index contributed by atoms with van der Waals surface area (Å²) >= 11 is 0. The van der Waals surface area contributed by atoms with Crippen LogP contribution in [-0.2, 0) is 0 Å². The highest BCUT2D eigenvalue weighted by Gasteiger charge is 2.33. The molecule has 0 N–H and O–H groups in total. The minimum absolute atomic E-state index is 1.17. The molecule has 0 amide bonds. The van der Waals surface area contributed by atoms with E-state index in [4.69, 9.17) is 0 Å². The summed E-state index contributed by atoms with van der Waals surface area (Å²) in [5.74, 6) is 0. The molecule has 2 heteroatoms. The first kappa shape index (κ1) is 19.0. The molecule has 0 aromatic carbocycles. The Morgan fingerprint density at radius 2 is 1.38 bits per heavy atom. The number of hydrogen-bond acceptors (Lipinski definition) is 1. The highest BCUT2D eigenvalue weighted by atomic mass is 28.3. The van der Waals surface area contributed by atoms with E-state index in [2.05, 4.69) is 32.3 Å². The van der Waals surface area contributed by atoms with E-state index >= 15 is 0 Å². The lowest BCUT2D eigenvalue weighted by Gasteiger charge is -2.37. The first-order valence-electron chi connectivity index (χ1n) is 9.48. The topological polar surface area (TPSA) is 3.24 Å². The largest absolute Gasteiger partial charge is 0.306 e. The molecule has 1 aliphatic rings. The molecule has 0 spiro atoms. The maximum Gasteiger partial charge on any atom is 0.0729 e. The van der Waals surface area contributed by atoms with Crippen LogP contribution in [0.3, 0.4) is 0 Å². The zero-order chi connectivity index (χ0) is 15.6. The second-order valence-electron chi connectivity index (χ2n) is 7.53. The molecule has 1 heterocycles. The summed E-state index contributed by atoms with van der Waals surface area (Å²) in [4.78, 5) is 2.85. The summed E-state index contributed by atoms with van der Waals surface area (Å²) in [5.41, 5.74) is 1.44. The van der Waals surface area contributed by atoms with Crippen molar-refractivity contribution < 1.29 is 0 Å². The van der Waals surface area contributed by atoms with Gasteiger partial charge in [0.25, 0.3) is 0 Å². The first-order chi connectivity index (χ1) is 10.1. The second-order valence-corrected chi connectivity index (χ2v) is 12.2. The average Bonchev–Trinajstić information content (AvgIpc) is 2.52. The molecular weight excluding hydrogens is 270 g/mol. The Bertz CT molecular complexity index is 271. The highest BCUT2D eigenvalue weighted by Crippen LogP contribution is 2.29. The Morgan fingerprint density at radius 1 is 0.905 bits per heavy atom. The zero-order valence-corrected chi connectivity index (χ0v) is 16.1. The third-order valence-corrected chi connectivity index (χ3v) is 10.6. The third-order valence-electron chi connectivity index (χ3n) is 5.00. The number of nitrogens with zero attached hydrogens (tertiary/aromatic N) is 1. The lowest BCUT2D eigenvalue weighted by molar-refractivity contribution is 0.304. The van der Waals surface area contributed by atoms with Gasteiger partial charge >= 0.3 is 0 Å². The van der Waals surface area contributed by atoms with Crippen LogP contribution in [0.5, 0.6) is 0 Å². The summed E-state index contributed by atoms with van der Waals surface area (Å²) in [5, 5.41) is 0. The Kier molecular flexibility index (Phi) is 9.58. The molecule has 0 saturated carbocycles. The van der Waals surface area contributed by atoms with Gasteiger partial charge in [0.05, 0.1) is 8.07 Å². The van der Waals surface area contributed by atoms with Crippen LogP contribution in [-0.4, -0.2) is 32.2 Å². The first-order valence-corrected chi connectivity index (χ1v) is 12.3. The van der Waals surface area contributed by atoms with E-state index in [1.54, 1.807) is 0 Å². The van der Waals surface area contributed by atoms with E-state index in [0.717, 1.165) is 0 Å². The van der Waals surface area contributed by atoms with Gasteiger partial charge in [-0.05, 0) is 45.1 Å². The number of allylic oxidation sites excluding steroid dienone is 1. The van der Waals surface area contributed by atoms with Crippen LogP contribution in [0.25, 0.3) is 0 Å². The van der Waals surface area contributed by atoms with Gasteiger partial charge < -0.3 is 4.90 Å². The summed E-state index contributed by atoms with van der Waals surface area (Å²) in [7, 11) is -1.17. The van der Waals surface area contributed by atoms with Crippen LogP contribution >= 0.6 is 0 Å². The molecule has 0 aromatic rings. The predicted octanol–water partition coefficient (Wildman–Crippen LogP) is 6.03. The van der Waals surface area contributed by atoms with E-state index in [-0.39, 0.29) is 0 Å². The monoisotopic (exact) mass is 309 g/mol. The van der Waals surface area contributed by atoms with Crippen molar-refractivity contribution in [1.29, 1.82) is 0 Å². The summed E-state index contributed by atoms with van der Waals surface area (Å²) in [6, 6.07) is 4.37. The lowest BCUT2D eigenvalue weighted by Crippen LogP contribution is -2.48. The van der Waals surface area contributed by atoms with Crippen LogP contribution in [0.15, 0.2) is 12.2 Å². The fraction of sp³-hybridized carbons (Fsp3) is 0.895. The molecule has 21 heavy (non-hydrogen) atoms. The number of rotatable bonds is 8. The van der Waals surface area contributed by atoms with Crippen LogP contribution in [0, 0.1) is 0 Å². The van der Waals surface area contributed by atoms with E-state index < -0.39 is 8.07 Å². The van der Waals surface area contributed by atoms with E-state index in [1.807, 2.05) is 0 Å². The molecule has 1 fully saturated rings. The molecule has 0 atom stereocenters. The number of hydrogen-bond donors (Lipinski definition) is 0. The molecule has 0 aromatic heterocycles. The maximum absolute atomic E-state index is 4.26. The standard InChI is InChI=1S/C19H39NSi/c1-5-15-21(16-6-2,17-19(3)4)18-20-13-11-9-7-8-10-12-14-20/h3,5-18H2,1-2,4H3. The fourth-order valence-corrected chi connectivity index (χ4v) is 10.0. The van der Waals surface area contributed by atoms with Gasteiger partial charge in [-0.25, -0.2) is 0 Å². The summed E-state index contributed by atoms with van der Waals surface area (Å²) in [6.07, 6.45) is 12.9. The molecule has 0 bridgehead atoms. The molecule has 1 saturated heterocycles. The summed E-state index contributed by atoms with van der Waals surface area (Å²) < 4.78 is 0. The molecule has 1 rings (SSSR count). The second kappa shape index (κ2) is 10.6. The van der Waals surface area contributed by atoms with Crippen molar-refractivity contribution in [2.45, 2.75) is 90.3 Å². The van der Waals surface area contributed by atoms with Gasteiger partial charge in [-0.2, -0.15) is 0 Å². The molecule has 124 valence electrons. The smallest absolute Gasteiger partial charge is 0.0729 e. The highest BCUT2D eigenvalue weighted by molar-refractivity contribution is 6.80. The van der Waals surface area contributed by atoms with Gasteiger partial charge in [0.1, 0.15) is 0 Å². The van der Waals surface area contributed by atoms with Crippen molar-refractivity contribution >= 4 is 8.07 Å². The Morgan fingerprint density at radius 3 is 1.81 bits per heavy atom. The fourth-order valence-electron chi connectivity index (χ4n) is 4.34. The van der Waals surface area contributed by atoms with Crippen molar-refractivity contribution in [2.75, 3.05) is 19.3 Å². The summed E-state index contributed by atoms with van der Waals surface area (Å²) in [6.45, 7) is 14.0. The van der Waals surface area contributed by atoms with E-state index in [1.165, 1.54) is 94.3 Å². The quantitative estimate of drug-likeness (QED) is 0.391. The predicted molar refractivity (Wildman–Crippen MR) is 99.7 cm³/mol. The van der Waals surface area contributed by atoms with Gasteiger partial charge in [0, 0.05) is 0 Å². The molecule has 0 unspecified atom stereocenters. The van der Waals surface area contributed by atoms with Crippen molar-refractivity contribution in [2.24, 2.45) is 0 Å². The molecule has 1 nitrogen and oxygen atoms in total. The van der Waals surface area contributed by atoms with Crippen LogP contribution in [0.1, 0.15) is 72.1 Å². The van der Waals surface area contributed by atoms with Crippen LogP contribution in [0.2, 0.25) is 18.1 Å². The van der Waals surface area contributed by atoms with Gasteiger partial charge in [0.15, 0.2) is 0 Å². The van der Waals surface area contributed by atoms with E-state index in [9.17, 15) is 0 Å².